The predicted molar refractivity (Wildman–Crippen MR) is 132 cm³/mol. The van der Waals surface area contributed by atoms with Crippen molar-refractivity contribution in [1.29, 1.82) is 0 Å². The molecule has 0 aromatic rings. The van der Waals surface area contributed by atoms with Gasteiger partial charge in [0.15, 0.2) is 0 Å². The molecule has 0 aromatic carbocycles. The number of ether oxygens (including phenoxy) is 1. The molecule has 0 aromatic heterocycles. The van der Waals surface area contributed by atoms with Gasteiger partial charge in [0.25, 0.3) is 0 Å². The summed E-state index contributed by atoms with van der Waals surface area (Å²) in [5.41, 5.74) is 5.19. The Labute approximate surface area is 205 Å². The highest BCUT2D eigenvalue weighted by Crippen LogP contribution is 2.43. The highest BCUT2D eigenvalue weighted by Gasteiger charge is 2.26. The summed E-state index contributed by atoms with van der Waals surface area (Å²) in [6.45, 7) is 2.74. The molecule has 0 spiro atoms. The second kappa shape index (κ2) is 21.1. The van der Waals surface area contributed by atoms with Gasteiger partial charge >= 0.3 is 19.8 Å². The van der Waals surface area contributed by atoms with Crippen LogP contribution in [0.2, 0.25) is 0 Å². The van der Waals surface area contributed by atoms with E-state index in [2.05, 4.69) is 23.6 Å². The maximum Gasteiger partial charge on any atom is 0.472 e. The van der Waals surface area contributed by atoms with Crippen molar-refractivity contribution in [2.75, 3.05) is 13.2 Å². The molecule has 0 fully saturated rings. The summed E-state index contributed by atoms with van der Waals surface area (Å²) in [7, 11) is -4.48. The molecule has 0 aliphatic heterocycles. The minimum atomic E-state index is -4.48. The van der Waals surface area contributed by atoms with Gasteiger partial charge in [-0.2, -0.15) is 0 Å². The maximum absolute atomic E-state index is 11.9. The van der Waals surface area contributed by atoms with Crippen LogP contribution in [0.25, 0.3) is 0 Å². The van der Waals surface area contributed by atoms with Gasteiger partial charge in [0, 0.05) is 6.42 Å². The third-order valence-electron chi connectivity index (χ3n) is 5.18. The van der Waals surface area contributed by atoms with Crippen LogP contribution < -0.4 is 5.73 Å². The molecular weight excluding hydrogens is 461 g/mol. The number of aliphatic carboxylic acids is 1. The van der Waals surface area contributed by atoms with E-state index in [0.717, 1.165) is 38.5 Å². The summed E-state index contributed by atoms with van der Waals surface area (Å²) in [4.78, 5) is 31.9. The fourth-order valence-corrected chi connectivity index (χ4v) is 3.96. The Bertz CT molecular complexity index is 614. The zero-order chi connectivity index (χ0) is 25.7. The van der Waals surface area contributed by atoms with Crippen molar-refractivity contribution in [1.82, 2.24) is 0 Å². The average Bonchev–Trinajstić information content (AvgIpc) is 2.78. The third-order valence-corrected chi connectivity index (χ3v) is 6.13. The fraction of sp³-hybridized carbons (Fsp3) is 0.833. The van der Waals surface area contributed by atoms with Crippen LogP contribution in [0.5, 0.6) is 0 Å². The van der Waals surface area contributed by atoms with Crippen LogP contribution in [0.1, 0.15) is 104 Å². The van der Waals surface area contributed by atoms with Crippen molar-refractivity contribution in [3.05, 3.63) is 12.2 Å². The molecule has 200 valence electrons. The first kappa shape index (κ1) is 32.8. The van der Waals surface area contributed by atoms with Crippen LogP contribution in [0, 0.1) is 0 Å². The van der Waals surface area contributed by atoms with Gasteiger partial charge in [0.2, 0.25) is 0 Å². The first-order valence-electron chi connectivity index (χ1n) is 12.6. The molecule has 0 aliphatic rings. The molecule has 1 unspecified atom stereocenters. The highest BCUT2D eigenvalue weighted by molar-refractivity contribution is 7.47. The van der Waals surface area contributed by atoms with Gasteiger partial charge in [-0.05, 0) is 39.0 Å². The molecule has 10 heteroatoms. The van der Waals surface area contributed by atoms with E-state index < -0.39 is 38.5 Å². The molecule has 0 bridgehead atoms. The lowest BCUT2D eigenvalue weighted by Crippen LogP contribution is -2.34. The topological polar surface area (TPSA) is 145 Å². The maximum atomic E-state index is 11.9. The Morgan fingerprint density at radius 2 is 1.38 bits per heavy atom. The fourth-order valence-electron chi connectivity index (χ4n) is 3.14. The van der Waals surface area contributed by atoms with Crippen LogP contribution in [-0.4, -0.2) is 47.3 Å². The largest absolute Gasteiger partial charge is 0.480 e. The average molecular weight is 508 g/mol. The van der Waals surface area contributed by atoms with Crippen molar-refractivity contribution in [3.63, 3.8) is 0 Å². The number of phosphoric ester groups is 1. The summed E-state index contributed by atoms with van der Waals surface area (Å²) < 4.78 is 26.0. The van der Waals surface area contributed by atoms with Crippen LogP contribution >= 0.6 is 7.82 Å². The van der Waals surface area contributed by atoms with Crippen LogP contribution in [0.15, 0.2) is 12.2 Å². The van der Waals surface area contributed by atoms with E-state index in [1.54, 1.807) is 0 Å². The lowest BCUT2D eigenvalue weighted by molar-refractivity contribution is -0.150. The number of hydrogen-bond donors (Lipinski definition) is 3. The van der Waals surface area contributed by atoms with E-state index in [9.17, 15) is 19.0 Å². The smallest absolute Gasteiger partial charge is 0.472 e. The van der Waals surface area contributed by atoms with Crippen molar-refractivity contribution < 1.29 is 37.9 Å². The van der Waals surface area contributed by atoms with Crippen molar-refractivity contribution in [2.24, 2.45) is 5.73 Å². The number of carbonyl (C=O) groups excluding carboxylic acids is 1. The van der Waals surface area contributed by atoms with E-state index >= 15 is 0 Å². The number of esters is 1. The van der Waals surface area contributed by atoms with Gasteiger partial charge in [-0.25, -0.2) is 4.57 Å². The molecule has 0 rings (SSSR count). The summed E-state index contributed by atoms with van der Waals surface area (Å²) in [6.07, 6.45) is 19.4. The first-order chi connectivity index (χ1) is 16.2. The molecule has 3 atom stereocenters. The molecule has 0 heterocycles. The van der Waals surface area contributed by atoms with Crippen LogP contribution in [0.3, 0.4) is 0 Å². The normalized spacial score (nSPS) is 15.2. The first-order valence-corrected chi connectivity index (χ1v) is 14.1. The monoisotopic (exact) mass is 507 g/mol. The lowest BCUT2D eigenvalue weighted by Gasteiger charge is -2.17. The standard InChI is InChI=1S/C24H46NO8P/c1-3-4-5-6-7-8-9-10-11-12-13-14-15-16-17-18-23(26)33-21(2)19-31-34(29,30)32-20-22(25)24(27)28/h10-11,21-22H,3-9,12-20,25H2,1-2H3,(H,27,28)(H,29,30)/b11-10-/t21-,22-/m0/s1. The number of unbranched alkanes of at least 4 members (excludes halogenated alkanes) is 11. The van der Waals surface area contributed by atoms with E-state index in [1.807, 2.05) is 0 Å². The quantitative estimate of drug-likeness (QED) is 0.0706. The number of rotatable bonds is 23. The zero-order valence-corrected chi connectivity index (χ0v) is 21.9. The molecular formula is C24H46NO8P. The Morgan fingerprint density at radius 1 is 0.882 bits per heavy atom. The molecule has 0 saturated carbocycles. The van der Waals surface area contributed by atoms with E-state index in [1.165, 1.54) is 51.9 Å². The summed E-state index contributed by atoms with van der Waals surface area (Å²) in [5.74, 6) is -1.76. The van der Waals surface area contributed by atoms with E-state index in [0.29, 0.717) is 0 Å². The Balaban J connectivity index is 3.64. The number of phosphoric acid groups is 1. The molecule has 0 radical (unpaired) electrons. The van der Waals surface area contributed by atoms with E-state index in [-0.39, 0.29) is 13.0 Å². The van der Waals surface area contributed by atoms with Gasteiger partial charge in [0.05, 0.1) is 13.2 Å². The minimum Gasteiger partial charge on any atom is -0.480 e. The Morgan fingerprint density at radius 3 is 1.94 bits per heavy atom. The molecule has 0 saturated heterocycles. The van der Waals surface area contributed by atoms with Gasteiger partial charge in [-0.3, -0.25) is 18.6 Å². The number of nitrogens with two attached hydrogens (primary N) is 1. The molecule has 0 amide bonds. The van der Waals surface area contributed by atoms with Crippen molar-refractivity contribution in [2.45, 2.75) is 116 Å². The second-order valence-electron chi connectivity index (χ2n) is 8.64. The zero-order valence-electron chi connectivity index (χ0n) is 21.0. The van der Waals surface area contributed by atoms with Gasteiger partial charge < -0.3 is 20.5 Å². The number of carbonyl (C=O) groups is 2. The summed E-state index contributed by atoms with van der Waals surface area (Å²) in [6, 6.07) is -1.44. The van der Waals surface area contributed by atoms with Crippen LogP contribution in [0.4, 0.5) is 0 Å². The molecule has 34 heavy (non-hydrogen) atoms. The summed E-state index contributed by atoms with van der Waals surface area (Å²) >= 11 is 0. The van der Waals surface area contributed by atoms with Crippen LogP contribution in [-0.2, 0) is 27.9 Å². The minimum absolute atomic E-state index is 0.281. The number of hydrogen-bond acceptors (Lipinski definition) is 7. The Kier molecular flexibility index (Phi) is 20.3. The van der Waals surface area contributed by atoms with Gasteiger partial charge in [0.1, 0.15) is 12.1 Å². The SMILES string of the molecule is CCCCCCCC/C=C\CCCCCCCC(=O)O[C@@H](C)COP(=O)(O)OC[C@H](N)C(=O)O. The van der Waals surface area contributed by atoms with Crippen molar-refractivity contribution in [3.8, 4) is 0 Å². The Hall–Kier alpha value is -1.25. The lowest BCUT2D eigenvalue weighted by atomic mass is 10.1. The van der Waals surface area contributed by atoms with E-state index in [4.69, 9.17) is 20.1 Å². The van der Waals surface area contributed by atoms with Crippen molar-refractivity contribution >= 4 is 19.8 Å². The predicted octanol–water partition coefficient (Wildman–Crippen LogP) is 5.50. The number of carboxylic acids is 1. The third kappa shape index (κ3) is 21.3. The molecule has 4 N–H and O–H groups in total. The second-order valence-corrected chi connectivity index (χ2v) is 10.1. The number of allylic oxidation sites excluding steroid dienone is 2. The molecule has 0 aliphatic carbocycles. The van der Waals surface area contributed by atoms with Gasteiger partial charge in [-0.1, -0.05) is 70.4 Å². The van der Waals surface area contributed by atoms with Gasteiger partial charge in [-0.15, -0.1) is 0 Å². The number of carboxylic acid groups (broad SMARTS) is 1. The summed E-state index contributed by atoms with van der Waals surface area (Å²) in [5, 5.41) is 8.62. The molecule has 9 nitrogen and oxygen atoms in total. The highest BCUT2D eigenvalue weighted by atomic mass is 31.2.